The number of rotatable bonds is 1. The van der Waals surface area contributed by atoms with Gasteiger partial charge in [0.2, 0.25) is 0 Å². The summed E-state index contributed by atoms with van der Waals surface area (Å²) in [7, 11) is 0. The molecule has 0 bridgehead atoms. The molecule has 0 spiro atoms. The van der Waals surface area contributed by atoms with E-state index in [0.29, 0.717) is 11.8 Å². The second-order valence-electron chi connectivity index (χ2n) is 2.31. The fraction of sp³-hybridized carbons (Fsp3) is 0.125. The fourth-order valence-corrected chi connectivity index (χ4v) is 0.875. The minimum absolute atomic E-state index is 0.0694. The monoisotopic (exact) mass is 153 g/mol. The summed E-state index contributed by atoms with van der Waals surface area (Å²) in [5, 5.41) is 0. The van der Waals surface area contributed by atoms with Crippen LogP contribution in [0.4, 0.5) is 10.1 Å². The Morgan fingerprint density at radius 2 is 2.18 bits per heavy atom. The maximum atomic E-state index is 12.7. The maximum absolute atomic E-state index is 12.7. The molecule has 0 aliphatic rings. The number of nitrogen functional groups attached to an aromatic ring is 1. The number of aryl methyl sites for hydroxylation is 1. The summed E-state index contributed by atoms with van der Waals surface area (Å²) in [6.07, 6.45) is 0.563. The van der Waals surface area contributed by atoms with Gasteiger partial charge in [-0.25, -0.2) is 4.39 Å². The van der Waals surface area contributed by atoms with Crippen LogP contribution in [0.2, 0.25) is 0 Å². The van der Waals surface area contributed by atoms with Crippen LogP contribution in [0.25, 0.3) is 0 Å². The van der Waals surface area contributed by atoms with Gasteiger partial charge in [0.15, 0.2) is 6.29 Å². The first kappa shape index (κ1) is 7.72. The minimum atomic E-state index is -0.544. The number of anilines is 1. The first-order valence-electron chi connectivity index (χ1n) is 3.16. The summed E-state index contributed by atoms with van der Waals surface area (Å²) >= 11 is 0. The third-order valence-electron chi connectivity index (χ3n) is 1.57. The molecule has 0 saturated carbocycles. The first-order valence-corrected chi connectivity index (χ1v) is 3.16. The average molecular weight is 153 g/mol. The molecule has 0 amide bonds. The molecule has 11 heavy (non-hydrogen) atoms. The van der Waals surface area contributed by atoms with E-state index in [0.717, 1.165) is 0 Å². The Hall–Kier alpha value is -1.38. The molecule has 0 fully saturated rings. The summed E-state index contributed by atoms with van der Waals surface area (Å²) in [6.45, 7) is 1.71. The molecule has 2 N–H and O–H groups in total. The molecule has 0 aliphatic carbocycles. The molecule has 1 rings (SSSR count). The second kappa shape index (κ2) is 2.70. The molecular formula is C8H8FNO. The topological polar surface area (TPSA) is 43.1 Å². The van der Waals surface area contributed by atoms with Crippen LogP contribution in [0, 0.1) is 12.7 Å². The van der Waals surface area contributed by atoms with Crippen LogP contribution in [0.5, 0.6) is 0 Å². The average Bonchev–Trinajstić information content (AvgIpc) is 1.99. The van der Waals surface area contributed by atoms with Gasteiger partial charge in [0, 0.05) is 5.56 Å². The number of carbonyl (C=O) groups excluding carboxylic acids is 1. The van der Waals surface area contributed by atoms with Crippen molar-refractivity contribution in [2.24, 2.45) is 0 Å². The maximum Gasteiger partial charge on any atom is 0.152 e. The van der Waals surface area contributed by atoms with Crippen molar-refractivity contribution in [3.05, 3.63) is 29.1 Å². The van der Waals surface area contributed by atoms with Gasteiger partial charge in [-0.2, -0.15) is 0 Å². The third-order valence-corrected chi connectivity index (χ3v) is 1.57. The number of hydrogen-bond acceptors (Lipinski definition) is 2. The molecule has 0 aliphatic heterocycles. The number of hydrogen-bond donors (Lipinski definition) is 1. The summed E-state index contributed by atoms with van der Waals surface area (Å²) < 4.78 is 12.7. The molecular weight excluding hydrogens is 145 g/mol. The molecule has 0 atom stereocenters. The molecule has 2 nitrogen and oxygen atoms in total. The van der Waals surface area contributed by atoms with E-state index in [1.807, 2.05) is 0 Å². The predicted molar refractivity (Wildman–Crippen MR) is 40.9 cm³/mol. The Morgan fingerprint density at radius 1 is 1.55 bits per heavy atom. The highest BCUT2D eigenvalue weighted by atomic mass is 19.1. The smallest absolute Gasteiger partial charge is 0.152 e. The molecule has 58 valence electrons. The van der Waals surface area contributed by atoms with Crippen molar-refractivity contribution in [2.75, 3.05) is 5.73 Å². The van der Waals surface area contributed by atoms with Crippen molar-refractivity contribution >= 4 is 12.0 Å². The van der Waals surface area contributed by atoms with E-state index in [4.69, 9.17) is 5.73 Å². The Bertz CT molecular complexity index is 296. The van der Waals surface area contributed by atoms with Crippen LogP contribution in [-0.4, -0.2) is 6.29 Å². The van der Waals surface area contributed by atoms with Gasteiger partial charge in [-0.05, 0) is 18.6 Å². The van der Waals surface area contributed by atoms with Gasteiger partial charge in [-0.3, -0.25) is 4.79 Å². The summed E-state index contributed by atoms with van der Waals surface area (Å²) in [6, 6.07) is 2.77. The molecule has 0 unspecified atom stereocenters. The highest BCUT2D eigenvalue weighted by Crippen LogP contribution is 2.17. The van der Waals surface area contributed by atoms with Crippen LogP contribution in [-0.2, 0) is 0 Å². The lowest BCUT2D eigenvalue weighted by atomic mass is 10.1. The number of aldehydes is 1. The molecule has 0 aromatic heterocycles. The van der Waals surface area contributed by atoms with Crippen molar-refractivity contribution in [1.82, 2.24) is 0 Å². The van der Waals surface area contributed by atoms with Gasteiger partial charge < -0.3 is 5.73 Å². The summed E-state index contributed by atoms with van der Waals surface area (Å²) in [4.78, 5) is 10.4. The summed E-state index contributed by atoms with van der Waals surface area (Å²) in [5.41, 5.74) is 6.15. The molecule has 3 heteroatoms. The Labute approximate surface area is 63.8 Å². The second-order valence-corrected chi connectivity index (χ2v) is 2.31. The lowest BCUT2D eigenvalue weighted by molar-refractivity contribution is 0.112. The predicted octanol–water partition coefficient (Wildman–Crippen LogP) is 1.53. The van der Waals surface area contributed by atoms with Gasteiger partial charge in [0.1, 0.15) is 5.82 Å². The number of carbonyl (C=O) groups is 1. The van der Waals surface area contributed by atoms with Crippen molar-refractivity contribution in [3.8, 4) is 0 Å². The molecule has 0 radical (unpaired) electrons. The van der Waals surface area contributed by atoms with Crippen LogP contribution >= 0.6 is 0 Å². The van der Waals surface area contributed by atoms with E-state index in [2.05, 4.69) is 0 Å². The zero-order chi connectivity index (χ0) is 8.43. The van der Waals surface area contributed by atoms with Crippen LogP contribution in [0.1, 0.15) is 15.9 Å². The lowest BCUT2D eigenvalue weighted by Crippen LogP contribution is -1.98. The number of nitrogens with two attached hydrogens (primary N) is 1. The van der Waals surface area contributed by atoms with E-state index >= 15 is 0 Å². The normalized spacial score (nSPS) is 9.64. The van der Waals surface area contributed by atoms with E-state index in [1.54, 1.807) is 6.92 Å². The SMILES string of the molecule is Cc1ccc(F)c(N)c1C=O. The Morgan fingerprint density at radius 3 is 2.64 bits per heavy atom. The van der Waals surface area contributed by atoms with Gasteiger partial charge >= 0.3 is 0 Å². The van der Waals surface area contributed by atoms with Gasteiger partial charge in [-0.1, -0.05) is 6.07 Å². The number of benzene rings is 1. The number of halogens is 1. The molecule has 1 aromatic carbocycles. The highest BCUT2D eigenvalue weighted by Gasteiger charge is 2.05. The molecule has 1 aromatic rings. The van der Waals surface area contributed by atoms with Crippen molar-refractivity contribution < 1.29 is 9.18 Å². The van der Waals surface area contributed by atoms with Crippen LogP contribution in [0.3, 0.4) is 0 Å². The molecule has 0 saturated heterocycles. The lowest BCUT2D eigenvalue weighted by Gasteiger charge is -2.02. The standard InChI is InChI=1S/C8H8FNO/c1-5-2-3-7(9)8(10)6(5)4-11/h2-4H,10H2,1H3. The summed E-state index contributed by atoms with van der Waals surface area (Å²) in [5.74, 6) is -0.544. The van der Waals surface area contributed by atoms with Crippen LogP contribution < -0.4 is 5.73 Å². The third kappa shape index (κ3) is 1.22. The van der Waals surface area contributed by atoms with E-state index in [9.17, 15) is 9.18 Å². The van der Waals surface area contributed by atoms with Gasteiger partial charge in [-0.15, -0.1) is 0 Å². The zero-order valence-corrected chi connectivity index (χ0v) is 6.10. The zero-order valence-electron chi connectivity index (χ0n) is 6.10. The van der Waals surface area contributed by atoms with Gasteiger partial charge in [0.25, 0.3) is 0 Å². The van der Waals surface area contributed by atoms with Crippen molar-refractivity contribution in [2.45, 2.75) is 6.92 Å². The Kier molecular flexibility index (Phi) is 1.89. The quantitative estimate of drug-likeness (QED) is 0.491. The van der Waals surface area contributed by atoms with Crippen LogP contribution in [0.15, 0.2) is 12.1 Å². The van der Waals surface area contributed by atoms with Gasteiger partial charge in [0.05, 0.1) is 5.69 Å². The van der Waals surface area contributed by atoms with Crippen molar-refractivity contribution in [1.29, 1.82) is 0 Å². The first-order chi connectivity index (χ1) is 5.16. The molecule has 0 heterocycles. The van der Waals surface area contributed by atoms with E-state index in [1.165, 1.54) is 12.1 Å². The highest BCUT2D eigenvalue weighted by molar-refractivity contribution is 5.85. The van der Waals surface area contributed by atoms with E-state index in [-0.39, 0.29) is 11.3 Å². The fourth-order valence-electron chi connectivity index (χ4n) is 0.875. The van der Waals surface area contributed by atoms with E-state index < -0.39 is 5.82 Å². The van der Waals surface area contributed by atoms with Crippen molar-refractivity contribution in [3.63, 3.8) is 0 Å². The largest absolute Gasteiger partial charge is 0.396 e. The minimum Gasteiger partial charge on any atom is -0.396 e. The Balaban J connectivity index is 3.40.